The molecule has 0 aliphatic rings. The molecule has 0 radical (unpaired) electrons. The lowest BCUT2D eigenvalue weighted by Crippen LogP contribution is -1.96. The number of nitrogens with zero attached hydrogens (tertiary/aromatic N) is 2. The van der Waals surface area contributed by atoms with Crippen molar-refractivity contribution >= 4 is 11.6 Å². The van der Waals surface area contributed by atoms with Gasteiger partial charge in [0.25, 0.3) is 0 Å². The Labute approximate surface area is 118 Å². The fraction of sp³-hybridized carbons (Fsp3) is 0.400. The van der Waals surface area contributed by atoms with Crippen LogP contribution in [0.4, 0.5) is 4.39 Å². The van der Waals surface area contributed by atoms with Crippen LogP contribution in [0.1, 0.15) is 45.2 Å². The van der Waals surface area contributed by atoms with Crippen LogP contribution in [-0.2, 0) is 0 Å². The molecule has 0 saturated heterocycles. The first-order valence-corrected chi connectivity index (χ1v) is 6.80. The van der Waals surface area contributed by atoms with Crippen LogP contribution in [0.25, 0.3) is 11.3 Å². The first kappa shape index (κ1) is 14.1. The quantitative estimate of drug-likeness (QED) is 0.769. The van der Waals surface area contributed by atoms with Crippen LogP contribution < -0.4 is 0 Å². The van der Waals surface area contributed by atoms with Crippen LogP contribution in [0.5, 0.6) is 0 Å². The fourth-order valence-corrected chi connectivity index (χ4v) is 2.17. The van der Waals surface area contributed by atoms with E-state index in [9.17, 15) is 4.39 Å². The molecule has 0 unspecified atom stereocenters. The molecule has 1 aromatic carbocycles. The van der Waals surface area contributed by atoms with E-state index >= 15 is 0 Å². The highest BCUT2D eigenvalue weighted by molar-refractivity contribution is 6.31. The lowest BCUT2D eigenvalue weighted by molar-refractivity contribution is 0.598. The zero-order valence-corrected chi connectivity index (χ0v) is 12.4. The maximum absolute atomic E-state index is 13.9. The summed E-state index contributed by atoms with van der Waals surface area (Å²) < 4.78 is 15.9. The Morgan fingerprint density at radius 3 is 2.42 bits per heavy atom. The van der Waals surface area contributed by atoms with Crippen LogP contribution in [-0.4, -0.2) is 9.55 Å². The zero-order valence-electron chi connectivity index (χ0n) is 11.6. The molecule has 0 amide bonds. The van der Waals surface area contributed by atoms with Gasteiger partial charge in [0.05, 0.1) is 17.0 Å². The summed E-state index contributed by atoms with van der Waals surface area (Å²) in [4.78, 5) is 4.36. The van der Waals surface area contributed by atoms with Crippen molar-refractivity contribution in [2.24, 2.45) is 0 Å². The number of rotatable bonds is 3. The number of halogens is 2. The average Bonchev–Trinajstić information content (AvgIpc) is 2.81. The Hall–Kier alpha value is -1.35. The molecule has 19 heavy (non-hydrogen) atoms. The first-order chi connectivity index (χ1) is 8.90. The molecule has 0 saturated carbocycles. The molecule has 0 bridgehead atoms. The molecule has 2 nitrogen and oxygen atoms in total. The molecule has 1 aromatic heterocycles. The van der Waals surface area contributed by atoms with Gasteiger partial charge in [0.1, 0.15) is 5.82 Å². The summed E-state index contributed by atoms with van der Waals surface area (Å²) in [5.74, 6) is -0.242. The number of imidazole rings is 1. The minimum absolute atomic E-state index is 0.0876. The van der Waals surface area contributed by atoms with Gasteiger partial charge in [-0.3, -0.25) is 0 Å². The van der Waals surface area contributed by atoms with E-state index in [0.717, 1.165) is 11.3 Å². The lowest BCUT2D eigenvalue weighted by atomic mass is 9.99. The van der Waals surface area contributed by atoms with Crippen LogP contribution >= 0.6 is 11.6 Å². The molecule has 0 spiro atoms. The maximum atomic E-state index is 13.9. The summed E-state index contributed by atoms with van der Waals surface area (Å²) in [5.41, 5.74) is 2.30. The molecule has 4 heteroatoms. The highest BCUT2D eigenvalue weighted by Gasteiger charge is 2.14. The van der Waals surface area contributed by atoms with Crippen LogP contribution in [0, 0.1) is 5.82 Å². The van der Waals surface area contributed by atoms with Gasteiger partial charge in [0.15, 0.2) is 0 Å². The molecule has 0 aliphatic heterocycles. The molecular weight excluding hydrogens is 263 g/mol. The molecule has 2 aromatic rings. The average molecular weight is 281 g/mol. The van der Waals surface area contributed by atoms with E-state index in [1.807, 2.05) is 30.7 Å². The Balaban J connectivity index is 2.50. The fourth-order valence-electron chi connectivity index (χ4n) is 1.95. The Bertz CT molecular complexity index is 588. The van der Waals surface area contributed by atoms with Gasteiger partial charge in [-0.1, -0.05) is 25.4 Å². The second-order valence-electron chi connectivity index (χ2n) is 5.32. The molecule has 1 heterocycles. The summed E-state index contributed by atoms with van der Waals surface area (Å²) in [6.45, 7) is 8.07. The Kier molecular flexibility index (Phi) is 3.95. The van der Waals surface area contributed by atoms with Crippen molar-refractivity contribution in [2.75, 3.05) is 0 Å². The van der Waals surface area contributed by atoms with Gasteiger partial charge in [0.2, 0.25) is 0 Å². The third-order valence-electron chi connectivity index (χ3n) is 3.17. The third-order valence-corrected chi connectivity index (χ3v) is 3.45. The monoisotopic (exact) mass is 280 g/mol. The van der Waals surface area contributed by atoms with E-state index in [4.69, 9.17) is 11.6 Å². The number of hydrogen-bond acceptors (Lipinski definition) is 1. The van der Waals surface area contributed by atoms with Crippen LogP contribution in [0.15, 0.2) is 24.7 Å². The molecule has 2 rings (SSSR count). The van der Waals surface area contributed by atoms with Crippen LogP contribution in [0.2, 0.25) is 5.02 Å². The Morgan fingerprint density at radius 1 is 1.21 bits per heavy atom. The lowest BCUT2D eigenvalue weighted by Gasteiger charge is -2.10. The summed E-state index contributed by atoms with van der Waals surface area (Å²) in [6.07, 6.45) is 3.74. The summed E-state index contributed by atoms with van der Waals surface area (Å²) in [5, 5.41) is 0.153. The predicted molar refractivity (Wildman–Crippen MR) is 77.1 cm³/mol. The zero-order chi connectivity index (χ0) is 14.2. The van der Waals surface area contributed by atoms with Gasteiger partial charge in [-0.05, 0) is 37.5 Å². The standard InChI is InChI=1S/C15H18ClFN2/c1-9(2)12-5-11(6-13(16)15(12)17)14-7-19(8-18-14)10(3)4/h5-10H,1-4H3. The van der Waals surface area contributed by atoms with E-state index in [0.29, 0.717) is 11.6 Å². The van der Waals surface area contributed by atoms with Gasteiger partial charge in [-0.15, -0.1) is 0 Å². The third kappa shape index (κ3) is 2.81. The number of aromatic nitrogens is 2. The predicted octanol–water partition coefficient (Wildman–Crippen LogP) is 5.05. The highest BCUT2D eigenvalue weighted by atomic mass is 35.5. The van der Waals surface area contributed by atoms with Crippen molar-refractivity contribution in [3.8, 4) is 11.3 Å². The first-order valence-electron chi connectivity index (χ1n) is 6.43. The maximum Gasteiger partial charge on any atom is 0.145 e. The van der Waals surface area contributed by atoms with E-state index in [1.165, 1.54) is 0 Å². The van der Waals surface area contributed by atoms with Gasteiger partial charge in [0, 0.05) is 17.8 Å². The minimum atomic E-state index is -0.330. The minimum Gasteiger partial charge on any atom is -0.334 e. The van der Waals surface area contributed by atoms with Crippen molar-refractivity contribution in [1.29, 1.82) is 0 Å². The summed E-state index contributed by atoms with van der Waals surface area (Å²) in [7, 11) is 0. The molecule has 0 fully saturated rings. The summed E-state index contributed by atoms with van der Waals surface area (Å²) >= 11 is 5.97. The van der Waals surface area contributed by atoms with Crippen molar-refractivity contribution < 1.29 is 4.39 Å². The summed E-state index contributed by atoms with van der Waals surface area (Å²) in [6, 6.07) is 3.82. The molecule has 0 atom stereocenters. The van der Waals surface area contributed by atoms with Crippen LogP contribution in [0.3, 0.4) is 0 Å². The van der Waals surface area contributed by atoms with Crippen molar-refractivity contribution in [1.82, 2.24) is 9.55 Å². The number of hydrogen-bond donors (Lipinski definition) is 0. The second kappa shape index (κ2) is 5.33. The Morgan fingerprint density at radius 2 is 1.89 bits per heavy atom. The molecular formula is C15H18ClFN2. The van der Waals surface area contributed by atoms with Crippen molar-refractivity contribution in [3.63, 3.8) is 0 Å². The smallest absolute Gasteiger partial charge is 0.145 e. The van der Waals surface area contributed by atoms with E-state index in [-0.39, 0.29) is 16.8 Å². The largest absolute Gasteiger partial charge is 0.334 e. The van der Waals surface area contributed by atoms with Crippen molar-refractivity contribution in [3.05, 3.63) is 41.1 Å². The van der Waals surface area contributed by atoms with E-state index in [1.54, 1.807) is 12.4 Å². The van der Waals surface area contributed by atoms with E-state index < -0.39 is 0 Å². The highest BCUT2D eigenvalue weighted by Crippen LogP contribution is 2.31. The van der Waals surface area contributed by atoms with Gasteiger partial charge < -0.3 is 4.57 Å². The topological polar surface area (TPSA) is 17.8 Å². The molecule has 102 valence electrons. The van der Waals surface area contributed by atoms with Crippen molar-refractivity contribution in [2.45, 2.75) is 39.7 Å². The molecule has 0 aliphatic carbocycles. The van der Waals surface area contributed by atoms with Gasteiger partial charge in [-0.2, -0.15) is 0 Å². The van der Waals surface area contributed by atoms with E-state index in [2.05, 4.69) is 18.8 Å². The molecule has 0 N–H and O–H groups in total. The van der Waals surface area contributed by atoms with Gasteiger partial charge in [-0.25, -0.2) is 9.37 Å². The normalized spacial score (nSPS) is 11.6. The number of benzene rings is 1. The second-order valence-corrected chi connectivity index (χ2v) is 5.72. The SMILES string of the molecule is CC(C)c1cc(-c2cn(C(C)C)cn2)cc(Cl)c1F. The van der Waals surface area contributed by atoms with Gasteiger partial charge >= 0.3 is 0 Å².